The summed E-state index contributed by atoms with van der Waals surface area (Å²) in [5, 5.41) is 9.17. The van der Waals surface area contributed by atoms with Crippen LogP contribution in [0.4, 0.5) is 13.2 Å². The standard InChI is InChI=1S/C17H24N2OS.C2HF3O2/c1-2-9-19-11-5-8-17(19)7-4-10-18(14-17)16(20)13-15-6-3-12-21-15;3-2(4,5)1(6)7/h2-3,6,12H,1,4-5,7-11,13-14H2;(H,6,7). The third-order valence-corrected chi connectivity index (χ3v) is 6.02. The lowest BCUT2D eigenvalue weighted by Crippen LogP contribution is -2.57. The molecule has 0 aromatic carbocycles. The minimum Gasteiger partial charge on any atom is -0.475 e. The van der Waals surface area contributed by atoms with E-state index in [0.717, 1.165) is 32.6 Å². The first-order valence-electron chi connectivity index (χ1n) is 9.14. The molecule has 1 N–H and O–H groups in total. The van der Waals surface area contributed by atoms with E-state index in [4.69, 9.17) is 9.90 Å². The number of thiophene rings is 1. The fourth-order valence-electron chi connectivity index (χ4n) is 3.90. The van der Waals surface area contributed by atoms with E-state index in [0.29, 0.717) is 12.3 Å². The number of nitrogens with zero attached hydrogens (tertiary/aromatic N) is 2. The average molecular weight is 418 g/mol. The molecule has 2 fully saturated rings. The summed E-state index contributed by atoms with van der Waals surface area (Å²) in [7, 11) is 0. The van der Waals surface area contributed by atoms with E-state index in [2.05, 4.69) is 22.4 Å². The lowest BCUT2D eigenvalue weighted by Gasteiger charge is -2.46. The monoisotopic (exact) mass is 418 g/mol. The van der Waals surface area contributed by atoms with Gasteiger partial charge in [0.25, 0.3) is 0 Å². The Morgan fingerprint density at radius 2 is 1.93 bits per heavy atom. The first kappa shape index (κ1) is 22.4. The predicted molar refractivity (Wildman–Crippen MR) is 101 cm³/mol. The number of carboxylic acid groups (broad SMARTS) is 1. The third kappa shape index (κ3) is 5.81. The summed E-state index contributed by atoms with van der Waals surface area (Å²) >= 11 is 1.68. The first-order chi connectivity index (χ1) is 13.2. The fourth-order valence-corrected chi connectivity index (χ4v) is 4.59. The molecule has 5 nitrogen and oxygen atoms in total. The van der Waals surface area contributed by atoms with Gasteiger partial charge in [-0.1, -0.05) is 12.1 Å². The molecular weight excluding hydrogens is 393 g/mol. The lowest BCUT2D eigenvalue weighted by atomic mass is 9.86. The SMILES string of the molecule is C=CCN1CCCC12CCCN(C(=O)Cc1cccs1)C2.O=C(O)C(F)(F)F. The fraction of sp³-hybridized carbons (Fsp3) is 0.579. The zero-order valence-corrected chi connectivity index (χ0v) is 16.4. The average Bonchev–Trinajstić information content (AvgIpc) is 3.26. The summed E-state index contributed by atoms with van der Waals surface area (Å²) < 4.78 is 31.7. The van der Waals surface area contributed by atoms with Gasteiger partial charge in [-0.05, 0) is 43.7 Å². The maximum Gasteiger partial charge on any atom is 0.490 e. The molecule has 1 unspecified atom stereocenters. The van der Waals surface area contributed by atoms with Crippen LogP contribution in [0.2, 0.25) is 0 Å². The number of alkyl halides is 3. The van der Waals surface area contributed by atoms with Crippen molar-refractivity contribution in [2.45, 2.75) is 43.8 Å². The molecule has 1 amide bonds. The second kappa shape index (κ2) is 9.56. The summed E-state index contributed by atoms with van der Waals surface area (Å²) in [6, 6.07) is 4.08. The number of amides is 1. The topological polar surface area (TPSA) is 60.9 Å². The zero-order valence-electron chi connectivity index (χ0n) is 15.6. The van der Waals surface area contributed by atoms with Gasteiger partial charge in [-0.25, -0.2) is 4.79 Å². The summed E-state index contributed by atoms with van der Waals surface area (Å²) in [6.45, 7) is 7.82. The largest absolute Gasteiger partial charge is 0.490 e. The van der Waals surface area contributed by atoms with Gasteiger partial charge < -0.3 is 10.0 Å². The van der Waals surface area contributed by atoms with Gasteiger partial charge in [0, 0.05) is 30.1 Å². The molecule has 28 heavy (non-hydrogen) atoms. The quantitative estimate of drug-likeness (QED) is 0.760. The first-order valence-corrected chi connectivity index (χ1v) is 10.0. The lowest BCUT2D eigenvalue weighted by molar-refractivity contribution is -0.192. The van der Waals surface area contributed by atoms with E-state index in [1.54, 1.807) is 11.3 Å². The normalized spacial score (nSPS) is 22.6. The van der Waals surface area contributed by atoms with E-state index in [1.165, 1.54) is 24.1 Å². The molecular formula is C19H25F3N2O3S. The molecule has 9 heteroatoms. The Morgan fingerprint density at radius 1 is 1.29 bits per heavy atom. The number of halogens is 3. The van der Waals surface area contributed by atoms with Crippen molar-refractivity contribution in [3.8, 4) is 0 Å². The van der Waals surface area contributed by atoms with Gasteiger partial charge in [0.2, 0.25) is 5.91 Å². The highest BCUT2D eigenvalue weighted by atomic mass is 32.1. The highest BCUT2D eigenvalue weighted by Crippen LogP contribution is 2.37. The van der Waals surface area contributed by atoms with Crippen LogP contribution in [0.1, 0.15) is 30.6 Å². The number of hydrogen-bond acceptors (Lipinski definition) is 4. The van der Waals surface area contributed by atoms with Crippen LogP contribution in [0.25, 0.3) is 0 Å². The summed E-state index contributed by atoms with van der Waals surface area (Å²) in [6.07, 6.45) is 2.31. The zero-order chi connectivity index (χ0) is 20.8. The molecule has 1 spiro atoms. The van der Waals surface area contributed by atoms with Gasteiger partial charge in [0.15, 0.2) is 0 Å². The van der Waals surface area contributed by atoms with E-state index in [9.17, 15) is 18.0 Å². The molecule has 0 radical (unpaired) electrons. The second-order valence-corrected chi connectivity index (χ2v) is 8.07. The Bertz CT molecular complexity index is 678. The number of aliphatic carboxylic acids is 1. The maximum absolute atomic E-state index is 12.6. The van der Waals surface area contributed by atoms with Crippen LogP contribution in [-0.4, -0.2) is 64.7 Å². The number of piperidine rings is 1. The molecule has 0 saturated carbocycles. The number of carbonyl (C=O) groups is 2. The Labute approximate surface area is 166 Å². The van der Waals surface area contributed by atoms with Crippen molar-refractivity contribution in [2.75, 3.05) is 26.2 Å². The van der Waals surface area contributed by atoms with Crippen molar-refractivity contribution in [3.05, 3.63) is 35.0 Å². The smallest absolute Gasteiger partial charge is 0.475 e. The molecule has 3 rings (SSSR count). The van der Waals surface area contributed by atoms with Gasteiger partial charge in [-0.3, -0.25) is 9.69 Å². The van der Waals surface area contributed by atoms with E-state index < -0.39 is 12.1 Å². The van der Waals surface area contributed by atoms with Crippen LogP contribution >= 0.6 is 11.3 Å². The molecule has 156 valence electrons. The summed E-state index contributed by atoms with van der Waals surface area (Å²) in [5.74, 6) is -2.46. The van der Waals surface area contributed by atoms with Crippen LogP contribution in [0.15, 0.2) is 30.2 Å². The molecule has 0 bridgehead atoms. The van der Waals surface area contributed by atoms with Gasteiger partial charge >= 0.3 is 12.1 Å². The van der Waals surface area contributed by atoms with Crippen molar-refractivity contribution in [3.63, 3.8) is 0 Å². The number of carboxylic acids is 1. The highest BCUT2D eigenvalue weighted by molar-refractivity contribution is 7.10. The van der Waals surface area contributed by atoms with E-state index in [1.807, 2.05) is 17.5 Å². The number of hydrogen-bond donors (Lipinski definition) is 1. The predicted octanol–water partition coefficient (Wildman–Crippen LogP) is 3.57. The van der Waals surface area contributed by atoms with Crippen LogP contribution in [-0.2, 0) is 16.0 Å². The van der Waals surface area contributed by atoms with Crippen molar-refractivity contribution in [1.29, 1.82) is 0 Å². The van der Waals surface area contributed by atoms with Crippen LogP contribution in [0.3, 0.4) is 0 Å². The second-order valence-electron chi connectivity index (χ2n) is 7.04. The Balaban J connectivity index is 0.000000345. The molecule has 2 aliphatic heterocycles. The number of rotatable bonds is 4. The molecule has 2 saturated heterocycles. The van der Waals surface area contributed by atoms with Gasteiger partial charge in [-0.15, -0.1) is 17.9 Å². The minimum atomic E-state index is -5.08. The van der Waals surface area contributed by atoms with Crippen LogP contribution < -0.4 is 0 Å². The molecule has 1 atom stereocenters. The van der Waals surface area contributed by atoms with Crippen LogP contribution in [0, 0.1) is 0 Å². The van der Waals surface area contributed by atoms with E-state index in [-0.39, 0.29) is 5.54 Å². The third-order valence-electron chi connectivity index (χ3n) is 5.15. The van der Waals surface area contributed by atoms with Crippen LogP contribution in [0.5, 0.6) is 0 Å². The Morgan fingerprint density at radius 3 is 2.46 bits per heavy atom. The molecule has 1 aromatic rings. The van der Waals surface area contributed by atoms with Gasteiger partial charge in [0.1, 0.15) is 0 Å². The summed E-state index contributed by atoms with van der Waals surface area (Å²) in [4.78, 5) is 27.3. The van der Waals surface area contributed by atoms with Crippen molar-refractivity contribution >= 4 is 23.2 Å². The van der Waals surface area contributed by atoms with Crippen molar-refractivity contribution < 1.29 is 27.9 Å². The number of carbonyl (C=O) groups excluding carboxylic acids is 1. The highest BCUT2D eigenvalue weighted by Gasteiger charge is 2.44. The summed E-state index contributed by atoms with van der Waals surface area (Å²) in [5.41, 5.74) is 0.220. The van der Waals surface area contributed by atoms with Crippen molar-refractivity contribution in [1.82, 2.24) is 9.80 Å². The van der Waals surface area contributed by atoms with Crippen molar-refractivity contribution in [2.24, 2.45) is 0 Å². The Kier molecular flexibility index (Phi) is 7.65. The molecule has 2 aliphatic rings. The van der Waals surface area contributed by atoms with E-state index >= 15 is 0 Å². The maximum atomic E-state index is 12.6. The minimum absolute atomic E-state index is 0.220. The molecule has 3 heterocycles. The number of likely N-dealkylation sites (tertiary alicyclic amines) is 2. The van der Waals surface area contributed by atoms with Gasteiger partial charge in [-0.2, -0.15) is 13.2 Å². The Hall–Kier alpha value is -1.87. The molecule has 1 aromatic heterocycles. The molecule has 0 aliphatic carbocycles. The van der Waals surface area contributed by atoms with Gasteiger partial charge in [0.05, 0.1) is 6.42 Å².